The summed E-state index contributed by atoms with van der Waals surface area (Å²) in [6.45, 7) is 5.75. The third-order valence-electron chi connectivity index (χ3n) is 4.89. The molecule has 0 aromatic rings. The Morgan fingerprint density at radius 1 is 1.18 bits per heavy atom. The maximum atomic E-state index is 12.7. The average molecular weight is 309 g/mol. The van der Waals surface area contributed by atoms with Crippen LogP contribution >= 0.6 is 0 Å². The van der Waals surface area contributed by atoms with Gasteiger partial charge >= 0.3 is 6.03 Å². The highest BCUT2D eigenvalue weighted by Gasteiger charge is 2.51. The van der Waals surface area contributed by atoms with Crippen LogP contribution in [0.1, 0.15) is 59.3 Å². The standard InChI is InChI=1S/C16H27N3O3/c1-11(2)12(3)17-13(20)10-19-14(21)16(18-15(19)22)8-6-4-5-7-9-16/h11-12H,4-10H2,1-3H3,(H,17,20)(H,18,22)/t12-/m1/s1. The molecule has 0 bridgehead atoms. The van der Waals surface area contributed by atoms with Crippen LogP contribution in [0.4, 0.5) is 4.79 Å². The maximum absolute atomic E-state index is 12.7. The van der Waals surface area contributed by atoms with Crippen LogP contribution in [0.3, 0.4) is 0 Å². The Labute approximate surface area is 132 Å². The first-order chi connectivity index (χ1) is 10.4. The molecule has 124 valence electrons. The average Bonchev–Trinajstić information content (AvgIpc) is 2.63. The number of hydrogen-bond donors (Lipinski definition) is 2. The van der Waals surface area contributed by atoms with Crippen LogP contribution < -0.4 is 10.6 Å². The SMILES string of the molecule is CC(C)[C@@H](C)NC(=O)CN1C(=O)NC2(CCCCCC2)C1=O. The van der Waals surface area contributed by atoms with Crippen LogP contribution in [0.15, 0.2) is 0 Å². The van der Waals surface area contributed by atoms with Crippen LogP contribution in [0.5, 0.6) is 0 Å². The second-order valence-corrected chi connectivity index (χ2v) is 6.92. The number of imide groups is 1. The fraction of sp³-hybridized carbons (Fsp3) is 0.812. The Morgan fingerprint density at radius 3 is 2.32 bits per heavy atom. The third-order valence-corrected chi connectivity index (χ3v) is 4.89. The molecule has 1 atom stereocenters. The van der Waals surface area contributed by atoms with Gasteiger partial charge in [-0.1, -0.05) is 39.5 Å². The van der Waals surface area contributed by atoms with Gasteiger partial charge in [-0.15, -0.1) is 0 Å². The van der Waals surface area contributed by atoms with Crippen molar-refractivity contribution in [1.29, 1.82) is 0 Å². The summed E-state index contributed by atoms with van der Waals surface area (Å²) < 4.78 is 0. The molecule has 2 N–H and O–H groups in total. The largest absolute Gasteiger partial charge is 0.352 e. The second kappa shape index (κ2) is 6.67. The van der Waals surface area contributed by atoms with Gasteiger partial charge in [-0.3, -0.25) is 14.5 Å². The molecule has 0 radical (unpaired) electrons. The first-order valence-electron chi connectivity index (χ1n) is 8.29. The summed E-state index contributed by atoms with van der Waals surface area (Å²) >= 11 is 0. The smallest absolute Gasteiger partial charge is 0.325 e. The van der Waals surface area contributed by atoms with E-state index in [9.17, 15) is 14.4 Å². The molecule has 6 heteroatoms. The van der Waals surface area contributed by atoms with E-state index in [1.54, 1.807) is 0 Å². The maximum Gasteiger partial charge on any atom is 0.325 e. The Balaban J connectivity index is 2.01. The van der Waals surface area contributed by atoms with Crippen molar-refractivity contribution in [3.05, 3.63) is 0 Å². The number of urea groups is 1. The third kappa shape index (κ3) is 3.42. The molecule has 2 aliphatic rings. The van der Waals surface area contributed by atoms with Crippen molar-refractivity contribution >= 4 is 17.8 Å². The zero-order valence-electron chi connectivity index (χ0n) is 13.8. The molecule has 1 saturated carbocycles. The highest BCUT2D eigenvalue weighted by Crippen LogP contribution is 2.32. The Hall–Kier alpha value is -1.59. The Kier molecular flexibility index (Phi) is 5.08. The topological polar surface area (TPSA) is 78.5 Å². The van der Waals surface area contributed by atoms with Gasteiger partial charge in [0.1, 0.15) is 12.1 Å². The summed E-state index contributed by atoms with van der Waals surface area (Å²) in [5.41, 5.74) is -0.766. The summed E-state index contributed by atoms with van der Waals surface area (Å²) in [6, 6.07) is -0.417. The predicted molar refractivity (Wildman–Crippen MR) is 83.1 cm³/mol. The van der Waals surface area contributed by atoms with E-state index in [1.807, 2.05) is 20.8 Å². The quantitative estimate of drug-likeness (QED) is 0.777. The minimum Gasteiger partial charge on any atom is -0.352 e. The molecule has 2 rings (SSSR count). The second-order valence-electron chi connectivity index (χ2n) is 6.92. The van der Waals surface area contributed by atoms with Crippen molar-refractivity contribution < 1.29 is 14.4 Å². The lowest BCUT2D eigenvalue weighted by molar-refractivity contribution is -0.135. The van der Waals surface area contributed by atoms with Crippen molar-refractivity contribution in [2.45, 2.75) is 70.9 Å². The first-order valence-corrected chi connectivity index (χ1v) is 8.29. The molecular weight excluding hydrogens is 282 g/mol. The zero-order valence-corrected chi connectivity index (χ0v) is 13.8. The summed E-state index contributed by atoms with van der Waals surface area (Å²) in [4.78, 5) is 37.9. The van der Waals surface area contributed by atoms with E-state index in [1.165, 1.54) is 0 Å². The van der Waals surface area contributed by atoms with Crippen molar-refractivity contribution in [2.75, 3.05) is 6.54 Å². The minimum atomic E-state index is -0.766. The fourth-order valence-corrected chi connectivity index (χ4v) is 3.10. The van der Waals surface area contributed by atoms with Gasteiger partial charge in [-0.25, -0.2) is 4.79 Å². The fourth-order valence-electron chi connectivity index (χ4n) is 3.10. The van der Waals surface area contributed by atoms with Crippen LogP contribution in [0, 0.1) is 5.92 Å². The Bertz CT molecular complexity index is 454. The molecule has 1 spiro atoms. The van der Waals surface area contributed by atoms with Gasteiger partial charge in [-0.2, -0.15) is 0 Å². The van der Waals surface area contributed by atoms with Crippen LogP contribution in [-0.4, -0.2) is 40.9 Å². The number of nitrogens with zero attached hydrogens (tertiary/aromatic N) is 1. The van der Waals surface area contributed by atoms with Gasteiger partial charge in [0.25, 0.3) is 5.91 Å². The molecule has 1 aliphatic carbocycles. The minimum absolute atomic E-state index is 0.0140. The van der Waals surface area contributed by atoms with E-state index >= 15 is 0 Å². The molecule has 6 nitrogen and oxygen atoms in total. The summed E-state index contributed by atoms with van der Waals surface area (Å²) in [7, 11) is 0. The molecular formula is C16H27N3O3. The van der Waals surface area contributed by atoms with E-state index in [0.29, 0.717) is 18.8 Å². The molecule has 2 fully saturated rings. The zero-order chi connectivity index (χ0) is 16.3. The van der Waals surface area contributed by atoms with Crippen LogP contribution in [0.2, 0.25) is 0 Å². The van der Waals surface area contributed by atoms with E-state index in [2.05, 4.69) is 10.6 Å². The summed E-state index contributed by atoms with van der Waals surface area (Å²) in [5, 5.41) is 5.69. The lowest BCUT2D eigenvalue weighted by atomic mass is 9.90. The van der Waals surface area contributed by atoms with E-state index in [4.69, 9.17) is 0 Å². The highest BCUT2D eigenvalue weighted by molar-refractivity contribution is 6.09. The molecule has 0 unspecified atom stereocenters. The number of amides is 4. The predicted octanol–water partition coefficient (Wildman–Crippen LogP) is 1.79. The number of nitrogens with one attached hydrogen (secondary N) is 2. The van der Waals surface area contributed by atoms with Gasteiger partial charge < -0.3 is 10.6 Å². The molecule has 1 heterocycles. The molecule has 1 aliphatic heterocycles. The first kappa shape index (κ1) is 16.8. The molecule has 4 amide bonds. The molecule has 0 aromatic heterocycles. The summed E-state index contributed by atoms with van der Waals surface area (Å²) in [5.74, 6) is -0.206. The van der Waals surface area contributed by atoms with E-state index < -0.39 is 11.6 Å². The monoisotopic (exact) mass is 309 g/mol. The number of carbonyl (C=O) groups excluding carboxylic acids is 3. The van der Waals surface area contributed by atoms with Gasteiger partial charge in [0.2, 0.25) is 5.91 Å². The van der Waals surface area contributed by atoms with Gasteiger partial charge in [0.05, 0.1) is 0 Å². The van der Waals surface area contributed by atoms with Crippen LogP contribution in [0.25, 0.3) is 0 Å². The normalized spacial score (nSPS) is 22.6. The molecule has 1 saturated heterocycles. The lowest BCUT2D eigenvalue weighted by Crippen LogP contribution is -2.48. The van der Waals surface area contributed by atoms with Gasteiger partial charge in [0, 0.05) is 6.04 Å². The summed E-state index contributed by atoms with van der Waals surface area (Å²) in [6.07, 6.45) is 5.43. The van der Waals surface area contributed by atoms with Gasteiger partial charge in [-0.05, 0) is 25.7 Å². The van der Waals surface area contributed by atoms with Crippen LogP contribution in [-0.2, 0) is 9.59 Å². The Morgan fingerprint density at radius 2 is 1.77 bits per heavy atom. The molecule has 22 heavy (non-hydrogen) atoms. The number of carbonyl (C=O) groups is 3. The van der Waals surface area contributed by atoms with Crippen molar-refractivity contribution in [3.8, 4) is 0 Å². The van der Waals surface area contributed by atoms with Crippen molar-refractivity contribution in [2.24, 2.45) is 5.92 Å². The lowest BCUT2D eigenvalue weighted by Gasteiger charge is -2.25. The van der Waals surface area contributed by atoms with E-state index in [-0.39, 0.29) is 24.4 Å². The number of hydrogen-bond acceptors (Lipinski definition) is 3. The van der Waals surface area contributed by atoms with Crippen molar-refractivity contribution in [3.63, 3.8) is 0 Å². The van der Waals surface area contributed by atoms with E-state index in [0.717, 1.165) is 30.6 Å². The molecule has 0 aromatic carbocycles. The highest BCUT2D eigenvalue weighted by atomic mass is 16.2. The van der Waals surface area contributed by atoms with Gasteiger partial charge in [0.15, 0.2) is 0 Å². The van der Waals surface area contributed by atoms with Crippen molar-refractivity contribution in [1.82, 2.24) is 15.5 Å². The number of rotatable bonds is 4.